The molecule has 15 nitrogen and oxygen atoms in total. The molecule has 2 unspecified atom stereocenters. The van der Waals surface area contributed by atoms with Crippen LogP contribution in [0.4, 0.5) is 22.0 Å². The van der Waals surface area contributed by atoms with Crippen LogP contribution in [0.1, 0.15) is 40.8 Å². The number of hydrogen-bond acceptors (Lipinski definition) is 9. The Bertz CT molecular complexity index is 1530. The predicted molar refractivity (Wildman–Crippen MR) is 154 cm³/mol. The van der Waals surface area contributed by atoms with E-state index in [0.29, 0.717) is 23.6 Å². The van der Waals surface area contributed by atoms with Crippen LogP contribution < -0.4 is 19.8 Å². The molecule has 2 aromatic heterocycles. The van der Waals surface area contributed by atoms with Crippen LogP contribution in [-0.4, -0.2) is 84.0 Å². The first-order valence-corrected chi connectivity index (χ1v) is 14.6. The number of benzene rings is 1. The lowest BCUT2D eigenvalue weighted by Crippen LogP contribution is -2.52. The molecule has 0 spiro atoms. The molecule has 2 saturated heterocycles. The number of carbonyl (C=O) groups excluding carboxylic acids is 2. The highest BCUT2D eigenvalue weighted by Gasteiger charge is 2.58. The number of carbonyl (C=O) groups is 2. The molecule has 2 fully saturated rings. The molecular weight excluding hydrogens is 568 g/mol. The Morgan fingerprint density at radius 2 is 1.86 bits per heavy atom. The van der Waals surface area contributed by atoms with Crippen LogP contribution >= 0.6 is 0 Å². The van der Waals surface area contributed by atoms with Gasteiger partial charge in [0.2, 0.25) is 0 Å². The summed E-state index contributed by atoms with van der Waals surface area (Å²) in [5.74, 6) is -1.12. The minimum atomic E-state index is -2.27. The normalized spacial score (nSPS) is 25.1. The molecule has 226 valence electrons. The highest BCUT2D eigenvalue weighted by atomic mass is 32.2. The number of rotatable bonds is 8. The van der Waals surface area contributed by atoms with E-state index in [1.54, 1.807) is 49.7 Å². The van der Waals surface area contributed by atoms with E-state index in [1.807, 2.05) is 20.8 Å². The summed E-state index contributed by atoms with van der Waals surface area (Å²) in [6.07, 6.45) is -0.216. The van der Waals surface area contributed by atoms with E-state index in [1.165, 1.54) is 12.7 Å². The molecule has 0 aliphatic carbocycles. The standard InChI is InChI=1S/C26H34N8O7S/c1-7-27-23(35)19-18-20(41-26(4,5)40-18)24(39-19)33-13-30-17-21(28-12-29-22(17)33)32-25(36)31-15-10-8-9-11-16(15)34(6,14(2)3)42(37)38/h8-14,18-20,24H,7H2,1-6H3,(H3-,27,28,29,31,32,35,36,37,38)/p+1/t18-,19+,20-,24-,34?/m1/s1. The van der Waals surface area contributed by atoms with Gasteiger partial charge in [-0.25, -0.2) is 19.7 Å². The van der Waals surface area contributed by atoms with Gasteiger partial charge in [0, 0.05) is 12.6 Å². The largest absolute Gasteiger partial charge is 0.363 e. The minimum absolute atomic E-state index is 0.124. The Labute approximate surface area is 245 Å². The third-order valence-corrected chi connectivity index (χ3v) is 8.71. The second-order valence-electron chi connectivity index (χ2n) is 10.9. The Morgan fingerprint density at radius 1 is 1.14 bits per heavy atom. The number of likely N-dealkylation sites (N-methyl/N-ethyl adjacent to an activating group) is 1. The molecule has 42 heavy (non-hydrogen) atoms. The lowest BCUT2D eigenvalue weighted by Gasteiger charge is -2.33. The second-order valence-corrected chi connectivity index (χ2v) is 12.1. The zero-order chi connectivity index (χ0) is 30.4. The zero-order valence-corrected chi connectivity index (χ0v) is 24.9. The van der Waals surface area contributed by atoms with Gasteiger partial charge in [0.1, 0.15) is 30.3 Å². The number of urea groups is 1. The summed E-state index contributed by atoms with van der Waals surface area (Å²) >= 11 is -2.27. The molecule has 0 bridgehead atoms. The fourth-order valence-electron chi connectivity index (χ4n) is 5.19. The molecule has 3 aromatic rings. The third kappa shape index (κ3) is 5.25. The zero-order valence-electron chi connectivity index (χ0n) is 24.1. The number of anilines is 2. The van der Waals surface area contributed by atoms with Gasteiger partial charge in [-0.05, 0) is 40.7 Å². The van der Waals surface area contributed by atoms with Crippen molar-refractivity contribution in [1.29, 1.82) is 0 Å². The van der Waals surface area contributed by atoms with Crippen molar-refractivity contribution in [2.75, 3.05) is 24.2 Å². The Morgan fingerprint density at radius 3 is 2.55 bits per heavy atom. The lowest BCUT2D eigenvalue weighted by molar-refractivity contribution is -0.197. The van der Waals surface area contributed by atoms with Gasteiger partial charge >= 0.3 is 17.3 Å². The molecule has 6 atom stereocenters. The van der Waals surface area contributed by atoms with E-state index in [2.05, 4.69) is 30.9 Å². The molecule has 4 N–H and O–H groups in total. The first-order valence-electron chi connectivity index (χ1n) is 13.5. The molecule has 4 heterocycles. The number of fused-ring (bicyclic) bond motifs is 2. The topological polar surface area (TPSA) is 179 Å². The van der Waals surface area contributed by atoms with Crippen molar-refractivity contribution in [3.63, 3.8) is 0 Å². The van der Waals surface area contributed by atoms with Gasteiger partial charge in [-0.1, -0.05) is 12.1 Å². The van der Waals surface area contributed by atoms with E-state index in [-0.39, 0.29) is 27.2 Å². The van der Waals surface area contributed by atoms with Crippen LogP contribution in [0.25, 0.3) is 11.2 Å². The fraction of sp³-hybridized carbons (Fsp3) is 0.500. The molecule has 0 radical (unpaired) electrons. The molecule has 2 aliphatic heterocycles. The third-order valence-electron chi connectivity index (χ3n) is 7.44. The van der Waals surface area contributed by atoms with Crippen LogP contribution in [-0.2, 0) is 30.3 Å². The van der Waals surface area contributed by atoms with Gasteiger partial charge in [0.05, 0.1) is 13.4 Å². The van der Waals surface area contributed by atoms with E-state index in [4.69, 9.17) is 14.2 Å². The van der Waals surface area contributed by atoms with Crippen molar-refractivity contribution in [3.8, 4) is 0 Å². The van der Waals surface area contributed by atoms with Crippen LogP contribution in [0.2, 0.25) is 0 Å². The number of amides is 3. The number of imidazole rings is 1. The number of quaternary nitrogens is 1. The maximum atomic E-state index is 13.1. The highest BCUT2D eigenvalue weighted by Crippen LogP contribution is 2.44. The number of ether oxygens (including phenoxy) is 3. The van der Waals surface area contributed by atoms with Crippen molar-refractivity contribution in [1.82, 2.24) is 28.7 Å². The maximum Gasteiger partial charge on any atom is 0.363 e. The quantitative estimate of drug-likeness (QED) is 0.221. The summed E-state index contributed by atoms with van der Waals surface area (Å²) in [7, 11) is 1.62. The van der Waals surface area contributed by atoms with Crippen LogP contribution in [0.3, 0.4) is 0 Å². The van der Waals surface area contributed by atoms with Gasteiger partial charge in [-0.15, -0.1) is 0 Å². The Hall–Kier alpha value is -3.54. The Kier molecular flexibility index (Phi) is 8.04. The molecule has 5 rings (SSSR count). The van der Waals surface area contributed by atoms with E-state index < -0.39 is 47.6 Å². The summed E-state index contributed by atoms with van der Waals surface area (Å²) in [5.41, 5.74) is 1.43. The summed E-state index contributed by atoms with van der Waals surface area (Å²) in [6.45, 7) is 9.42. The number of aromatic nitrogens is 4. The predicted octanol–water partition coefficient (Wildman–Crippen LogP) is 2.51. The summed E-state index contributed by atoms with van der Waals surface area (Å²) in [5, 5.41) is 8.22. The van der Waals surface area contributed by atoms with Crippen LogP contribution in [0.15, 0.2) is 36.9 Å². The number of hydrogen-bond donors (Lipinski definition) is 4. The van der Waals surface area contributed by atoms with E-state index in [9.17, 15) is 18.4 Å². The molecule has 2 aliphatic rings. The minimum Gasteiger partial charge on any atom is -0.354 e. The molecule has 16 heteroatoms. The number of para-hydroxylation sites is 2. The number of nitrogens with one attached hydrogen (secondary N) is 3. The average molecular weight is 604 g/mol. The summed E-state index contributed by atoms with van der Waals surface area (Å²) < 4.78 is 42.0. The molecule has 0 saturated carbocycles. The highest BCUT2D eigenvalue weighted by molar-refractivity contribution is 7.78. The first kappa shape index (κ1) is 29.9. The smallest absolute Gasteiger partial charge is 0.354 e. The molecular formula is C26H35N8O7S+. The van der Waals surface area contributed by atoms with Gasteiger partial charge in [0.15, 0.2) is 40.8 Å². The van der Waals surface area contributed by atoms with E-state index >= 15 is 0 Å². The van der Waals surface area contributed by atoms with Crippen molar-refractivity contribution in [3.05, 3.63) is 36.9 Å². The van der Waals surface area contributed by atoms with Crippen LogP contribution in [0.5, 0.6) is 0 Å². The van der Waals surface area contributed by atoms with Crippen molar-refractivity contribution in [2.24, 2.45) is 0 Å². The van der Waals surface area contributed by atoms with E-state index in [0.717, 1.165) is 0 Å². The van der Waals surface area contributed by atoms with Crippen molar-refractivity contribution >= 4 is 51.6 Å². The van der Waals surface area contributed by atoms with Crippen molar-refractivity contribution in [2.45, 2.75) is 71.0 Å². The summed E-state index contributed by atoms with van der Waals surface area (Å²) in [4.78, 5) is 38.9. The first-order chi connectivity index (χ1) is 19.9. The fourth-order valence-corrected chi connectivity index (χ4v) is 5.87. The monoisotopic (exact) mass is 603 g/mol. The number of nitrogens with zero attached hydrogens (tertiary/aromatic N) is 5. The SMILES string of the molecule is CCNC(=O)[C@H]1O[C@@H](n2cnc3c(NC(=O)Nc4ccccc4[N+](C)(C(C)C)S(=O)O)ncnc32)[C@@H]2OC(C)(C)O[C@@H]21. The van der Waals surface area contributed by atoms with Crippen molar-refractivity contribution < 1.29 is 32.6 Å². The van der Waals surface area contributed by atoms with Gasteiger partial charge in [-0.2, -0.15) is 8.10 Å². The average Bonchev–Trinajstić information content (AvgIpc) is 3.59. The van der Waals surface area contributed by atoms with Gasteiger partial charge < -0.3 is 24.8 Å². The van der Waals surface area contributed by atoms with Gasteiger partial charge in [-0.3, -0.25) is 19.2 Å². The molecule has 3 amide bonds. The lowest BCUT2D eigenvalue weighted by atomic mass is 10.1. The summed E-state index contributed by atoms with van der Waals surface area (Å²) in [6, 6.07) is 5.88. The second kappa shape index (κ2) is 11.3. The molecule has 1 aromatic carbocycles. The van der Waals surface area contributed by atoms with Gasteiger partial charge in [0.25, 0.3) is 5.91 Å². The Balaban J connectivity index is 1.41. The maximum absolute atomic E-state index is 13.1. The van der Waals surface area contributed by atoms with Crippen LogP contribution in [0, 0.1) is 0 Å².